The van der Waals surface area contributed by atoms with Gasteiger partial charge >= 0.3 is 5.97 Å². The lowest BCUT2D eigenvalue weighted by Gasteiger charge is -2.10. The number of ether oxygens (including phenoxy) is 3. The molecular weight excluding hydrogens is 412 g/mol. The van der Waals surface area contributed by atoms with Gasteiger partial charge in [-0.2, -0.15) is 0 Å². The summed E-state index contributed by atoms with van der Waals surface area (Å²) in [5.41, 5.74) is 0.862. The molecule has 0 aliphatic heterocycles. The molecule has 2 N–H and O–H groups in total. The Morgan fingerprint density at radius 2 is 1.53 bits per heavy atom. The fourth-order valence-electron chi connectivity index (χ4n) is 2.65. The maximum Gasteiger partial charge on any atom is 0.325 e. The van der Waals surface area contributed by atoms with Crippen LogP contribution in [0.1, 0.15) is 10.4 Å². The number of benzene rings is 3. The van der Waals surface area contributed by atoms with Crippen LogP contribution in [0.25, 0.3) is 0 Å². The second-order valence-corrected chi connectivity index (χ2v) is 6.56. The van der Waals surface area contributed by atoms with E-state index in [9.17, 15) is 14.4 Å². The minimum Gasteiger partial charge on any atom is -0.497 e. The van der Waals surface area contributed by atoms with E-state index in [4.69, 9.17) is 14.2 Å². The first-order chi connectivity index (χ1) is 15.5. The Morgan fingerprint density at radius 1 is 0.812 bits per heavy atom. The first kappa shape index (κ1) is 22.4. The zero-order chi connectivity index (χ0) is 22.8. The first-order valence-electron chi connectivity index (χ1n) is 9.74. The highest BCUT2D eigenvalue weighted by Gasteiger charge is 2.11. The molecule has 8 heteroatoms. The van der Waals surface area contributed by atoms with Crippen molar-refractivity contribution in [1.82, 2.24) is 5.32 Å². The monoisotopic (exact) mass is 434 g/mol. The summed E-state index contributed by atoms with van der Waals surface area (Å²) in [5.74, 6) is 0.141. The summed E-state index contributed by atoms with van der Waals surface area (Å²) in [5, 5.41) is 5.07. The van der Waals surface area contributed by atoms with Gasteiger partial charge in [-0.15, -0.1) is 0 Å². The quantitative estimate of drug-likeness (QED) is 0.501. The van der Waals surface area contributed by atoms with Gasteiger partial charge in [-0.25, -0.2) is 0 Å². The number of hydrogen-bond donors (Lipinski definition) is 2. The summed E-state index contributed by atoms with van der Waals surface area (Å²) in [6, 6.07) is 22.5. The van der Waals surface area contributed by atoms with Crippen LogP contribution in [0.15, 0.2) is 78.9 Å². The molecule has 0 radical (unpaired) electrons. The van der Waals surface area contributed by atoms with Crippen LogP contribution in [0, 0.1) is 0 Å². The molecule has 0 fully saturated rings. The van der Waals surface area contributed by atoms with Gasteiger partial charge in [0.25, 0.3) is 11.8 Å². The van der Waals surface area contributed by atoms with Crippen LogP contribution in [0.2, 0.25) is 0 Å². The Balaban J connectivity index is 1.41. The second kappa shape index (κ2) is 11.2. The van der Waals surface area contributed by atoms with Crippen LogP contribution in [-0.4, -0.2) is 38.0 Å². The lowest BCUT2D eigenvalue weighted by atomic mass is 10.2. The van der Waals surface area contributed by atoms with Gasteiger partial charge in [0.2, 0.25) is 0 Å². The van der Waals surface area contributed by atoms with Crippen molar-refractivity contribution in [2.75, 3.05) is 25.6 Å². The van der Waals surface area contributed by atoms with E-state index in [-0.39, 0.29) is 6.54 Å². The normalized spacial score (nSPS) is 10.0. The molecule has 0 aliphatic carbocycles. The van der Waals surface area contributed by atoms with Crippen LogP contribution >= 0.6 is 0 Å². The molecule has 0 bridgehead atoms. The van der Waals surface area contributed by atoms with E-state index in [0.29, 0.717) is 28.5 Å². The Hall–Kier alpha value is -4.33. The van der Waals surface area contributed by atoms with Crippen LogP contribution in [-0.2, 0) is 14.3 Å². The number of para-hydroxylation sites is 1. The summed E-state index contributed by atoms with van der Waals surface area (Å²) in [7, 11) is 1.52. The van der Waals surface area contributed by atoms with Gasteiger partial charge in [-0.05, 0) is 48.5 Å². The van der Waals surface area contributed by atoms with Crippen molar-refractivity contribution in [3.63, 3.8) is 0 Å². The first-order valence-corrected chi connectivity index (χ1v) is 9.74. The van der Waals surface area contributed by atoms with E-state index in [1.165, 1.54) is 7.11 Å². The molecule has 3 aromatic rings. The molecule has 0 atom stereocenters. The van der Waals surface area contributed by atoms with E-state index in [0.717, 1.165) is 0 Å². The third-order valence-electron chi connectivity index (χ3n) is 4.21. The number of anilines is 1. The molecule has 0 aliphatic rings. The topological polar surface area (TPSA) is 103 Å². The molecule has 0 saturated carbocycles. The van der Waals surface area contributed by atoms with Crippen molar-refractivity contribution >= 4 is 23.5 Å². The van der Waals surface area contributed by atoms with Crippen molar-refractivity contribution in [2.24, 2.45) is 0 Å². The number of carbonyl (C=O) groups excluding carboxylic acids is 3. The molecule has 3 aromatic carbocycles. The SMILES string of the molecule is COc1ccc(C(=O)NCC(=O)OCC(=O)Nc2cccc(Oc3ccccc3)c2)cc1. The fourth-order valence-corrected chi connectivity index (χ4v) is 2.65. The Bertz CT molecular complexity index is 1070. The maximum absolute atomic E-state index is 12.1. The summed E-state index contributed by atoms with van der Waals surface area (Å²) in [6.07, 6.45) is 0. The number of hydrogen-bond acceptors (Lipinski definition) is 6. The minimum atomic E-state index is -0.733. The van der Waals surface area contributed by atoms with Crippen LogP contribution in [0.5, 0.6) is 17.2 Å². The molecular formula is C24H22N2O6. The predicted molar refractivity (Wildman–Crippen MR) is 118 cm³/mol. The van der Waals surface area contributed by atoms with Gasteiger partial charge in [0, 0.05) is 17.3 Å². The molecule has 0 unspecified atom stereocenters. The van der Waals surface area contributed by atoms with Gasteiger partial charge in [-0.1, -0.05) is 24.3 Å². The molecule has 0 aromatic heterocycles. The number of methoxy groups -OCH3 is 1. The minimum absolute atomic E-state index is 0.363. The molecule has 8 nitrogen and oxygen atoms in total. The lowest BCUT2D eigenvalue weighted by molar-refractivity contribution is -0.146. The smallest absolute Gasteiger partial charge is 0.325 e. The van der Waals surface area contributed by atoms with Crippen molar-refractivity contribution in [1.29, 1.82) is 0 Å². The third-order valence-corrected chi connectivity index (χ3v) is 4.21. The maximum atomic E-state index is 12.1. The van der Waals surface area contributed by atoms with Gasteiger partial charge in [-0.3, -0.25) is 14.4 Å². The average molecular weight is 434 g/mol. The largest absolute Gasteiger partial charge is 0.497 e. The average Bonchev–Trinajstić information content (AvgIpc) is 2.82. The number of esters is 1. The van der Waals surface area contributed by atoms with Gasteiger partial charge < -0.3 is 24.8 Å². The van der Waals surface area contributed by atoms with Crippen molar-refractivity contribution in [3.8, 4) is 17.2 Å². The Morgan fingerprint density at radius 3 is 2.25 bits per heavy atom. The molecule has 3 rings (SSSR count). The molecule has 0 heterocycles. The summed E-state index contributed by atoms with van der Waals surface area (Å²) < 4.78 is 15.7. The molecule has 0 spiro atoms. The Labute approximate surface area is 185 Å². The van der Waals surface area contributed by atoms with E-state index in [1.54, 1.807) is 48.5 Å². The second-order valence-electron chi connectivity index (χ2n) is 6.56. The van der Waals surface area contributed by atoms with E-state index in [1.807, 2.05) is 30.3 Å². The van der Waals surface area contributed by atoms with Crippen molar-refractivity contribution in [3.05, 3.63) is 84.4 Å². The number of amides is 2. The molecule has 164 valence electrons. The zero-order valence-electron chi connectivity index (χ0n) is 17.4. The lowest BCUT2D eigenvalue weighted by Crippen LogP contribution is -2.32. The number of nitrogens with one attached hydrogen (secondary N) is 2. The summed E-state index contributed by atoms with van der Waals surface area (Å²) in [6.45, 7) is -0.848. The Kier molecular flexibility index (Phi) is 7.80. The van der Waals surface area contributed by atoms with Gasteiger partial charge in [0.1, 0.15) is 23.8 Å². The standard InChI is InChI=1S/C24H22N2O6/c1-30-19-12-10-17(11-13-19)24(29)25-15-23(28)31-16-22(27)26-18-6-5-9-21(14-18)32-20-7-3-2-4-8-20/h2-14H,15-16H2,1H3,(H,25,29)(H,26,27). The molecule has 0 saturated heterocycles. The van der Waals surface area contributed by atoms with Crippen molar-refractivity contribution in [2.45, 2.75) is 0 Å². The van der Waals surface area contributed by atoms with Crippen LogP contribution in [0.3, 0.4) is 0 Å². The molecule has 2 amide bonds. The number of rotatable bonds is 9. The van der Waals surface area contributed by atoms with Crippen LogP contribution < -0.4 is 20.1 Å². The van der Waals surface area contributed by atoms with E-state index < -0.39 is 24.4 Å². The highest BCUT2D eigenvalue weighted by Crippen LogP contribution is 2.23. The highest BCUT2D eigenvalue weighted by atomic mass is 16.5. The van der Waals surface area contributed by atoms with Gasteiger partial charge in [0.05, 0.1) is 7.11 Å². The summed E-state index contributed by atoms with van der Waals surface area (Å²) >= 11 is 0. The zero-order valence-corrected chi connectivity index (χ0v) is 17.4. The number of carbonyl (C=O) groups is 3. The fraction of sp³-hybridized carbons (Fsp3) is 0.125. The molecule has 32 heavy (non-hydrogen) atoms. The van der Waals surface area contributed by atoms with Crippen molar-refractivity contribution < 1.29 is 28.6 Å². The van der Waals surface area contributed by atoms with E-state index in [2.05, 4.69) is 10.6 Å². The van der Waals surface area contributed by atoms with Crippen LogP contribution in [0.4, 0.5) is 5.69 Å². The predicted octanol–water partition coefficient (Wildman–Crippen LogP) is 3.40. The highest BCUT2D eigenvalue weighted by molar-refractivity contribution is 5.96. The third kappa shape index (κ3) is 6.88. The van der Waals surface area contributed by atoms with Gasteiger partial charge in [0.15, 0.2) is 6.61 Å². The van der Waals surface area contributed by atoms with E-state index >= 15 is 0 Å². The summed E-state index contributed by atoms with van der Waals surface area (Å²) in [4.78, 5) is 36.0.